The molecule has 5 heteroatoms. The second-order valence-corrected chi connectivity index (χ2v) is 4.22. The van der Waals surface area contributed by atoms with Gasteiger partial charge in [-0.1, -0.05) is 12.1 Å². The van der Waals surface area contributed by atoms with Gasteiger partial charge in [0.2, 0.25) is 0 Å². The maximum Gasteiger partial charge on any atom is 0.257 e. The number of nitrogens with zero attached hydrogens (tertiary/aromatic N) is 2. The fourth-order valence-electron chi connectivity index (χ4n) is 1.65. The van der Waals surface area contributed by atoms with Crippen molar-refractivity contribution in [3.63, 3.8) is 0 Å². The monoisotopic (exact) mass is 256 g/mol. The zero-order valence-electron chi connectivity index (χ0n) is 10.9. The molecule has 0 spiro atoms. The van der Waals surface area contributed by atoms with Crippen LogP contribution in [0.3, 0.4) is 0 Å². The van der Waals surface area contributed by atoms with Crippen molar-refractivity contribution in [2.75, 3.05) is 12.4 Å². The van der Waals surface area contributed by atoms with Gasteiger partial charge in [-0.15, -0.1) is 0 Å². The van der Waals surface area contributed by atoms with Gasteiger partial charge in [-0.2, -0.15) is 10.2 Å². The highest BCUT2D eigenvalue weighted by Crippen LogP contribution is 2.16. The Morgan fingerprint density at radius 1 is 1.16 bits per heavy atom. The van der Waals surface area contributed by atoms with Crippen molar-refractivity contribution in [1.82, 2.24) is 15.5 Å². The van der Waals surface area contributed by atoms with Crippen LogP contribution in [0.1, 0.15) is 28.9 Å². The van der Waals surface area contributed by atoms with Gasteiger partial charge in [-0.05, 0) is 37.7 Å². The van der Waals surface area contributed by atoms with E-state index >= 15 is 0 Å². The molecule has 2 N–H and O–H groups in total. The van der Waals surface area contributed by atoms with Crippen LogP contribution in [0, 0.1) is 0 Å². The number of anilines is 1. The third-order valence-electron chi connectivity index (χ3n) is 2.95. The largest absolute Gasteiger partial charge is 0.322 e. The van der Waals surface area contributed by atoms with Crippen LogP contribution in [0.15, 0.2) is 42.7 Å². The van der Waals surface area contributed by atoms with E-state index in [1.165, 1.54) is 18.0 Å². The van der Waals surface area contributed by atoms with Crippen LogP contribution in [0.2, 0.25) is 0 Å². The van der Waals surface area contributed by atoms with Gasteiger partial charge in [-0.25, -0.2) is 0 Å². The van der Waals surface area contributed by atoms with Crippen molar-refractivity contribution in [3.05, 3.63) is 53.9 Å². The van der Waals surface area contributed by atoms with Crippen LogP contribution in [0.4, 0.5) is 5.69 Å². The normalized spacial score (nSPS) is 11.9. The van der Waals surface area contributed by atoms with E-state index in [0.717, 1.165) is 5.69 Å². The Morgan fingerprint density at radius 3 is 2.47 bits per heavy atom. The van der Waals surface area contributed by atoms with E-state index < -0.39 is 0 Å². The van der Waals surface area contributed by atoms with Crippen LogP contribution < -0.4 is 10.6 Å². The summed E-state index contributed by atoms with van der Waals surface area (Å²) >= 11 is 0. The summed E-state index contributed by atoms with van der Waals surface area (Å²) in [5.74, 6) is -0.190. The molecule has 0 fully saturated rings. The molecule has 0 aliphatic rings. The van der Waals surface area contributed by atoms with Gasteiger partial charge >= 0.3 is 0 Å². The second-order valence-electron chi connectivity index (χ2n) is 4.22. The minimum absolute atomic E-state index is 0.190. The van der Waals surface area contributed by atoms with Gasteiger partial charge < -0.3 is 10.6 Å². The lowest BCUT2D eigenvalue weighted by atomic mass is 10.1. The number of carbonyl (C=O) groups is 1. The van der Waals surface area contributed by atoms with Crippen molar-refractivity contribution in [3.8, 4) is 0 Å². The molecule has 0 saturated carbocycles. The predicted molar refractivity (Wildman–Crippen MR) is 73.9 cm³/mol. The molecule has 1 amide bonds. The van der Waals surface area contributed by atoms with Gasteiger partial charge in [0.1, 0.15) is 0 Å². The van der Waals surface area contributed by atoms with Crippen LogP contribution in [0.25, 0.3) is 0 Å². The predicted octanol–water partition coefficient (Wildman–Crippen LogP) is 2.01. The molecule has 1 atom stereocenters. The average molecular weight is 256 g/mol. The minimum atomic E-state index is -0.190. The highest BCUT2D eigenvalue weighted by atomic mass is 16.1. The third kappa shape index (κ3) is 3.35. The van der Waals surface area contributed by atoms with E-state index in [2.05, 4.69) is 27.8 Å². The second kappa shape index (κ2) is 6.06. The molecular weight excluding hydrogens is 240 g/mol. The van der Waals surface area contributed by atoms with Crippen molar-refractivity contribution in [2.24, 2.45) is 0 Å². The molecule has 0 radical (unpaired) electrons. The summed E-state index contributed by atoms with van der Waals surface area (Å²) in [5.41, 5.74) is 2.42. The van der Waals surface area contributed by atoms with Gasteiger partial charge in [0.15, 0.2) is 0 Å². The van der Waals surface area contributed by atoms with Crippen LogP contribution in [0.5, 0.6) is 0 Å². The van der Waals surface area contributed by atoms with Crippen molar-refractivity contribution >= 4 is 11.6 Å². The molecule has 1 aromatic heterocycles. The number of hydrogen-bond acceptors (Lipinski definition) is 4. The first-order chi connectivity index (χ1) is 9.20. The summed E-state index contributed by atoms with van der Waals surface area (Å²) < 4.78 is 0. The zero-order valence-corrected chi connectivity index (χ0v) is 10.9. The highest BCUT2D eigenvalue weighted by molar-refractivity contribution is 6.03. The molecule has 2 aromatic rings. The zero-order chi connectivity index (χ0) is 13.7. The number of hydrogen-bond donors (Lipinski definition) is 2. The number of rotatable bonds is 4. The molecule has 1 aromatic carbocycles. The lowest BCUT2D eigenvalue weighted by Gasteiger charge is -2.11. The number of amides is 1. The molecular formula is C14H16N4O. The Labute approximate surface area is 112 Å². The van der Waals surface area contributed by atoms with Crippen LogP contribution in [-0.4, -0.2) is 23.2 Å². The van der Waals surface area contributed by atoms with Gasteiger partial charge in [-0.3, -0.25) is 4.79 Å². The van der Waals surface area contributed by atoms with Gasteiger partial charge in [0, 0.05) is 11.7 Å². The lowest BCUT2D eigenvalue weighted by Crippen LogP contribution is -2.14. The molecule has 0 aliphatic heterocycles. The highest BCUT2D eigenvalue weighted by Gasteiger charge is 2.07. The minimum Gasteiger partial charge on any atom is -0.322 e. The fourth-order valence-corrected chi connectivity index (χ4v) is 1.65. The van der Waals surface area contributed by atoms with E-state index in [-0.39, 0.29) is 11.9 Å². The van der Waals surface area contributed by atoms with E-state index in [4.69, 9.17) is 0 Å². The molecule has 0 aliphatic carbocycles. The van der Waals surface area contributed by atoms with E-state index in [9.17, 15) is 4.79 Å². The molecule has 1 heterocycles. The van der Waals surface area contributed by atoms with Crippen molar-refractivity contribution in [2.45, 2.75) is 13.0 Å². The molecule has 2 rings (SSSR count). The smallest absolute Gasteiger partial charge is 0.257 e. The number of aromatic nitrogens is 2. The quantitative estimate of drug-likeness (QED) is 0.878. The molecule has 19 heavy (non-hydrogen) atoms. The summed E-state index contributed by atoms with van der Waals surface area (Å²) in [6.07, 6.45) is 2.93. The van der Waals surface area contributed by atoms with Crippen LogP contribution in [-0.2, 0) is 0 Å². The Morgan fingerprint density at radius 2 is 1.89 bits per heavy atom. The van der Waals surface area contributed by atoms with E-state index in [0.29, 0.717) is 5.56 Å². The Balaban J connectivity index is 2.06. The Bertz CT molecular complexity index is 539. The third-order valence-corrected chi connectivity index (χ3v) is 2.95. The molecule has 5 nitrogen and oxygen atoms in total. The van der Waals surface area contributed by atoms with Crippen LogP contribution >= 0.6 is 0 Å². The SMILES string of the molecule is CNC(C)c1ccc(NC(=O)c2ccnnc2)cc1. The molecule has 98 valence electrons. The summed E-state index contributed by atoms with van der Waals surface area (Å²) in [6.45, 7) is 2.08. The summed E-state index contributed by atoms with van der Waals surface area (Å²) in [6, 6.07) is 9.66. The lowest BCUT2D eigenvalue weighted by molar-refractivity contribution is 0.102. The van der Waals surface area contributed by atoms with E-state index in [1.807, 2.05) is 31.3 Å². The van der Waals surface area contributed by atoms with Gasteiger partial charge in [0.25, 0.3) is 5.91 Å². The molecule has 0 saturated heterocycles. The van der Waals surface area contributed by atoms with Crippen molar-refractivity contribution in [1.29, 1.82) is 0 Å². The maximum absolute atomic E-state index is 11.9. The van der Waals surface area contributed by atoms with E-state index in [1.54, 1.807) is 6.07 Å². The molecule has 0 bridgehead atoms. The van der Waals surface area contributed by atoms with Crippen molar-refractivity contribution < 1.29 is 4.79 Å². The average Bonchev–Trinajstić information content (AvgIpc) is 2.48. The first kappa shape index (κ1) is 13.2. The summed E-state index contributed by atoms with van der Waals surface area (Å²) in [4.78, 5) is 11.9. The topological polar surface area (TPSA) is 66.9 Å². The maximum atomic E-state index is 11.9. The number of nitrogens with one attached hydrogen (secondary N) is 2. The summed E-state index contributed by atoms with van der Waals surface area (Å²) in [7, 11) is 1.91. The van der Waals surface area contributed by atoms with Gasteiger partial charge in [0.05, 0.1) is 18.0 Å². The fraction of sp³-hybridized carbons (Fsp3) is 0.214. The Kier molecular flexibility index (Phi) is 4.20. The summed E-state index contributed by atoms with van der Waals surface area (Å²) in [5, 5.41) is 13.3. The first-order valence-corrected chi connectivity index (χ1v) is 6.06. The first-order valence-electron chi connectivity index (χ1n) is 6.06. The number of benzene rings is 1. The standard InChI is InChI=1S/C14H16N4O/c1-10(15-2)11-3-5-13(6-4-11)18-14(19)12-7-8-16-17-9-12/h3-10,15H,1-2H3,(H,18,19). The number of carbonyl (C=O) groups excluding carboxylic acids is 1. The molecule has 1 unspecified atom stereocenters. The Hall–Kier alpha value is -2.27.